The Morgan fingerprint density at radius 1 is 1.17 bits per heavy atom. The number of morpholine rings is 1. The highest BCUT2D eigenvalue weighted by molar-refractivity contribution is 5.51. The Morgan fingerprint density at radius 3 is 2.40 bits per heavy atom. The minimum atomic E-state index is -4.79. The quantitative estimate of drug-likeness (QED) is 0.601. The number of aromatic nitrogens is 2. The molecule has 0 amide bonds. The first-order chi connectivity index (χ1) is 16.5. The van der Waals surface area contributed by atoms with E-state index >= 15 is 0 Å². The van der Waals surface area contributed by atoms with E-state index in [9.17, 15) is 27.5 Å². The Balaban J connectivity index is 1.76. The van der Waals surface area contributed by atoms with Crippen molar-refractivity contribution in [2.24, 2.45) is 0 Å². The molecule has 1 aromatic carbocycles. The van der Waals surface area contributed by atoms with E-state index in [1.165, 1.54) is 26.4 Å². The van der Waals surface area contributed by atoms with Crippen LogP contribution in [0.4, 0.5) is 29.3 Å². The molecule has 1 aromatic heterocycles. The molecule has 2 aliphatic rings. The standard InChI is InChI=1S/C22H26F4N4O5/c1-21(22(24,25)26)12-29-19(32)10-18(28-4-6-35-7-5-28)27-20(29)30(21)11-15(31)13-8-16(33-2)17(34-3)9-14(13)23/h8-10,15,31H,4-7,11-12H2,1-3H3. The van der Waals surface area contributed by atoms with E-state index in [0.717, 1.165) is 22.5 Å². The predicted octanol–water partition coefficient (Wildman–Crippen LogP) is 2.11. The third-order valence-corrected chi connectivity index (χ3v) is 6.44. The van der Waals surface area contributed by atoms with Gasteiger partial charge in [0.05, 0.1) is 46.6 Å². The molecular formula is C22H26F4N4O5. The van der Waals surface area contributed by atoms with Crippen molar-refractivity contribution in [2.45, 2.75) is 31.3 Å². The first-order valence-electron chi connectivity index (χ1n) is 10.9. The lowest BCUT2D eigenvalue weighted by Crippen LogP contribution is -2.57. The molecule has 1 N–H and O–H groups in total. The lowest BCUT2D eigenvalue weighted by molar-refractivity contribution is -0.183. The molecule has 3 heterocycles. The number of methoxy groups -OCH3 is 2. The monoisotopic (exact) mass is 502 g/mol. The lowest BCUT2D eigenvalue weighted by atomic mass is 9.99. The summed E-state index contributed by atoms with van der Waals surface area (Å²) in [7, 11) is 2.62. The average molecular weight is 502 g/mol. The van der Waals surface area contributed by atoms with Gasteiger partial charge in [-0.2, -0.15) is 18.2 Å². The first kappa shape index (κ1) is 25.0. The molecule has 1 saturated heterocycles. The summed E-state index contributed by atoms with van der Waals surface area (Å²) in [5, 5.41) is 10.9. The number of fused-ring (bicyclic) bond motifs is 1. The van der Waals surface area contributed by atoms with Gasteiger partial charge >= 0.3 is 6.18 Å². The van der Waals surface area contributed by atoms with Gasteiger partial charge in [0.25, 0.3) is 5.56 Å². The van der Waals surface area contributed by atoms with Crippen LogP contribution in [0.2, 0.25) is 0 Å². The molecule has 0 saturated carbocycles. The molecule has 1 fully saturated rings. The number of ether oxygens (including phenoxy) is 3. The summed E-state index contributed by atoms with van der Waals surface area (Å²) >= 11 is 0. The Bertz CT molecular complexity index is 1150. The number of anilines is 2. The van der Waals surface area contributed by atoms with E-state index in [0.29, 0.717) is 26.3 Å². The van der Waals surface area contributed by atoms with Crippen molar-refractivity contribution in [1.29, 1.82) is 0 Å². The van der Waals surface area contributed by atoms with Gasteiger partial charge in [-0.1, -0.05) is 0 Å². The van der Waals surface area contributed by atoms with Crippen molar-refractivity contribution in [2.75, 3.05) is 56.9 Å². The van der Waals surface area contributed by atoms with E-state index in [4.69, 9.17) is 14.2 Å². The first-order valence-corrected chi connectivity index (χ1v) is 10.9. The van der Waals surface area contributed by atoms with Crippen LogP contribution in [0.25, 0.3) is 0 Å². The van der Waals surface area contributed by atoms with Gasteiger partial charge in [0.2, 0.25) is 5.95 Å². The topological polar surface area (TPSA) is 89.3 Å². The van der Waals surface area contributed by atoms with E-state index in [-0.39, 0.29) is 28.8 Å². The number of rotatable bonds is 6. The molecule has 35 heavy (non-hydrogen) atoms. The molecule has 2 atom stereocenters. The lowest BCUT2D eigenvalue weighted by Gasteiger charge is -2.38. The Hall–Kier alpha value is -3.06. The van der Waals surface area contributed by atoms with Crippen molar-refractivity contribution < 1.29 is 36.9 Å². The molecule has 0 radical (unpaired) electrons. The number of β-amino-alcohol motifs (C(OH)–C–C–N with tert-alkyl or cyclic N) is 1. The van der Waals surface area contributed by atoms with Gasteiger partial charge < -0.3 is 29.1 Å². The van der Waals surface area contributed by atoms with Crippen LogP contribution in [0.3, 0.4) is 0 Å². The number of aliphatic hydroxyl groups excluding tert-OH is 1. The van der Waals surface area contributed by atoms with Gasteiger partial charge in [0.15, 0.2) is 17.0 Å². The summed E-state index contributed by atoms with van der Waals surface area (Å²) in [6.45, 7) is 1.15. The minimum Gasteiger partial charge on any atom is -0.493 e. The summed E-state index contributed by atoms with van der Waals surface area (Å²) in [4.78, 5) is 19.8. The van der Waals surface area contributed by atoms with Gasteiger partial charge in [-0.15, -0.1) is 0 Å². The number of hydrogen-bond donors (Lipinski definition) is 1. The average Bonchev–Trinajstić information content (AvgIpc) is 3.12. The molecule has 0 spiro atoms. The molecule has 9 nitrogen and oxygen atoms in total. The summed E-state index contributed by atoms with van der Waals surface area (Å²) in [6, 6.07) is 3.35. The van der Waals surface area contributed by atoms with Gasteiger partial charge in [0, 0.05) is 30.8 Å². The highest BCUT2D eigenvalue weighted by Crippen LogP contribution is 2.44. The van der Waals surface area contributed by atoms with Crippen LogP contribution in [-0.2, 0) is 11.3 Å². The largest absolute Gasteiger partial charge is 0.493 e. The van der Waals surface area contributed by atoms with Crippen LogP contribution < -0.4 is 24.8 Å². The number of nitrogens with zero attached hydrogens (tertiary/aromatic N) is 4. The second kappa shape index (κ2) is 9.19. The fourth-order valence-electron chi connectivity index (χ4n) is 4.33. The smallest absolute Gasteiger partial charge is 0.413 e. The van der Waals surface area contributed by atoms with Crippen LogP contribution >= 0.6 is 0 Å². The van der Waals surface area contributed by atoms with Crippen molar-refractivity contribution in [3.8, 4) is 11.5 Å². The highest BCUT2D eigenvalue weighted by atomic mass is 19.4. The fraction of sp³-hybridized carbons (Fsp3) is 0.545. The molecule has 0 bridgehead atoms. The summed E-state index contributed by atoms with van der Waals surface area (Å²) in [6.07, 6.45) is -6.49. The molecule has 192 valence electrons. The molecule has 4 rings (SSSR count). The maximum absolute atomic E-state index is 14.7. The minimum absolute atomic E-state index is 0.0657. The summed E-state index contributed by atoms with van der Waals surface area (Å²) in [5.41, 5.74) is -3.50. The number of hydrogen-bond acceptors (Lipinski definition) is 8. The number of alkyl halides is 3. The zero-order valence-corrected chi connectivity index (χ0v) is 19.4. The Labute approximate surface area is 198 Å². The van der Waals surface area contributed by atoms with Crippen molar-refractivity contribution in [3.63, 3.8) is 0 Å². The number of benzene rings is 1. The van der Waals surface area contributed by atoms with Gasteiger partial charge in [0.1, 0.15) is 11.6 Å². The molecule has 2 aromatic rings. The van der Waals surface area contributed by atoms with Crippen LogP contribution in [0.15, 0.2) is 23.0 Å². The normalized spacial score (nSPS) is 21.1. The van der Waals surface area contributed by atoms with E-state index in [1.807, 2.05) is 0 Å². The van der Waals surface area contributed by atoms with Crippen molar-refractivity contribution >= 4 is 11.8 Å². The van der Waals surface area contributed by atoms with Gasteiger partial charge in [-0.25, -0.2) is 4.39 Å². The van der Waals surface area contributed by atoms with Crippen LogP contribution in [0.5, 0.6) is 11.5 Å². The summed E-state index contributed by atoms with van der Waals surface area (Å²) in [5.74, 6) is -0.745. The molecule has 2 unspecified atom stereocenters. The van der Waals surface area contributed by atoms with E-state index < -0.39 is 42.3 Å². The maximum Gasteiger partial charge on any atom is 0.413 e. The van der Waals surface area contributed by atoms with E-state index in [1.54, 1.807) is 4.90 Å². The molecule has 13 heteroatoms. The zero-order chi connectivity index (χ0) is 25.5. The van der Waals surface area contributed by atoms with Crippen LogP contribution in [-0.4, -0.2) is 73.4 Å². The maximum atomic E-state index is 14.7. The molecule has 2 aliphatic heterocycles. The predicted molar refractivity (Wildman–Crippen MR) is 118 cm³/mol. The Kier molecular flexibility index (Phi) is 6.58. The SMILES string of the molecule is COc1cc(F)c(C(O)CN2c3nc(N4CCOCC4)cc(=O)n3CC2(C)C(F)(F)F)cc1OC. The van der Waals surface area contributed by atoms with Gasteiger partial charge in [-0.3, -0.25) is 9.36 Å². The molecular weight excluding hydrogens is 476 g/mol. The second-order valence-corrected chi connectivity index (χ2v) is 8.56. The van der Waals surface area contributed by atoms with Crippen LogP contribution in [0, 0.1) is 5.82 Å². The highest BCUT2D eigenvalue weighted by Gasteiger charge is 2.60. The number of aliphatic hydroxyl groups is 1. The zero-order valence-electron chi connectivity index (χ0n) is 19.4. The Morgan fingerprint density at radius 2 is 1.80 bits per heavy atom. The second-order valence-electron chi connectivity index (χ2n) is 8.56. The van der Waals surface area contributed by atoms with E-state index in [2.05, 4.69) is 4.98 Å². The van der Waals surface area contributed by atoms with Crippen LogP contribution in [0.1, 0.15) is 18.6 Å². The van der Waals surface area contributed by atoms with Crippen molar-refractivity contribution in [1.82, 2.24) is 9.55 Å². The fourth-order valence-corrected chi connectivity index (χ4v) is 4.33. The molecule has 0 aliphatic carbocycles. The van der Waals surface area contributed by atoms with Crippen molar-refractivity contribution in [3.05, 3.63) is 39.9 Å². The summed E-state index contributed by atoms with van der Waals surface area (Å²) < 4.78 is 74.0. The third-order valence-electron chi connectivity index (χ3n) is 6.44. The number of halogens is 4. The third kappa shape index (κ3) is 4.38. The van der Waals surface area contributed by atoms with Gasteiger partial charge in [-0.05, 0) is 13.0 Å².